The standard InChI is InChI=1S/C14H30N2/c1-11(13(2,3)4)16(6)10-14(5)9-7-8-12(14)15/h11-12H,7-10,15H2,1-6H3. The lowest BCUT2D eigenvalue weighted by Crippen LogP contribution is -2.48. The zero-order chi connectivity index (χ0) is 12.6. The van der Waals surface area contributed by atoms with Crippen LogP contribution in [0, 0.1) is 10.8 Å². The van der Waals surface area contributed by atoms with E-state index in [2.05, 4.69) is 46.6 Å². The van der Waals surface area contributed by atoms with Crippen molar-refractivity contribution in [1.82, 2.24) is 4.90 Å². The second kappa shape index (κ2) is 4.66. The molecule has 1 aliphatic rings. The summed E-state index contributed by atoms with van der Waals surface area (Å²) in [5.74, 6) is 0. The highest BCUT2D eigenvalue weighted by Crippen LogP contribution is 2.38. The molecule has 0 aromatic rings. The molecule has 1 rings (SSSR count). The van der Waals surface area contributed by atoms with Crippen LogP contribution in [0.25, 0.3) is 0 Å². The minimum Gasteiger partial charge on any atom is -0.327 e. The Morgan fingerprint density at radius 1 is 1.44 bits per heavy atom. The van der Waals surface area contributed by atoms with Crippen molar-refractivity contribution in [3.05, 3.63) is 0 Å². The normalized spacial score (nSPS) is 33.4. The van der Waals surface area contributed by atoms with Gasteiger partial charge in [-0.25, -0.2) is 0 Å². The summed E-state index contributed by atoms with van der Waals surface area (Å²) >= 11 is 0. The van der Waals surface area contributed by atoms with Crippen LogP contribution in [0.1, 0.15) is 53.9 Å². The molecule has 16 heavy (non-hydrogen) atoms. The maximum atomic E-state index is 6.24. The lowest BCUT2D eigenvalue weighted by molar-refractivity contribution is 0.0867. The number of nitrogens with zero attached hydrogens (tertiary/aromatic N) is 1. The van der Waals surface area contributed by atoms with Crippen LogP contribution in [-0.2, 0) is 0 Å². The van der Waals surface area contributed by atoms with Crippen molar-refractivity contribution < 1.29 is 0 Å². The number of hydrogen-bond acceptors (Lipinski definition) is 2. The molecule has 3 atom stereocenters. The average Bonchev–Trinajstić information content (AvgIpc) is 2.44. The van der Waals surface area contributed by atoms with Gasteiger partial charge in [-0.15, -0.1) is 0 Å². The van der Waals surface area contributed by atoms with E-state index < -0.39 is 0 Å². The Morgan fingerprint density at radius 2 is 2.00 bits per heavy atom. The van der Waals surface area contributed by atoms with Crippen LogP contribution in [0.3, 0.4) is 0 Å². The quantitative estimate of drug-likeness (QED) is 0.802. The third-order valence-corrected chi connectivity index (χ3v) is 4.68. The molecule has 2 nitrogen and oxygen atoms in total. The van der Waals surface area contributed by atoms with Crippen LogP contribution in [-0.4, -0.2) is 30.6 Å². The summed E-state index contributed by atoms with van der Waals surface area (Å²) in [6.45, 7) is 12.7. The molecule has 0 aliphatic heterocycles. The van der Waals surface area contributed by atoms with Crippen molar-refractivity contribution in [3.8, 4) is 0 Å². The van der Waals surface area contributed by atoms with Crippen LogP contribution in [0.4, 0.5) is 0 Å². The molecule has 0 radical (unpaired) electrons. The lowest BCUT2D eigenvalue weighted by atomic mass is 9.82. The molecule has 1 aliphatic carbocycles. The van der Waals surface area contributed by atoms with Gasteiger partial charge in [0.2, 0.25) is 0 Å². The fraction of sp³-hybridized carbons (Fsp3) is 1.00. The molecule has 1 saturated carbocycles. The Balaban J connectivity index is 2.60. The minimum absolute atomic E-state index is 0.328. The van der Waals surface area contributed by atoms with E-state index in [0.717, 1.165) is 6.54 Å². The highest BCUT2D eigenvalue weighted by Gasteiger charge is 2.38. The fourth-order valence-electron chi connectivity index (χ4n) is 2.82. The first-order valence-electron chi connectivity index (χ1n) is 6.63. The number of nitrogens with two attached hydrogens (primary N) is 1. The highest BCUT2D eigenvalue weighted by atomic mass is 15.1. The molecule has 0 heterocycles. The SMILES string of the molecule is CC(N(C)CC1(C)CCCC1N)C(C)(C)C. The lowest BCUT2D eigenvalue weighted by Gasteiger charge is -2.41. The molecule has 3 unspecified atom stereocenters. The molecule has 2 heteroatoms. The van der Waals surface area contributed by atoms with Gasteiger partial charge in [-0.2, -0.15) is 0 Å². The van der Waals surface area contributed by atoms with E-state index in [-0.39, 0.29) is 0 Å². The molecule has 96 valence electrons. The summed E-state index contributed by atoms with van der Waals surface area (Å²) < 4.78 is 0. The summed E-state index contributed by atoms with van der Waals surface area (Å²) in [4.78, 5) is 2.49. The smallest absolute Gasteiger partial charge is 0.0113 e. The summed E-state index contributed by atoms with van der Waals surface area (Å²) in [6.07, 6.45) is 3.79. The Labute approximate surface area is 102 Å². The first kappa shape index (κ1) is 14.0. The molecule has 2 N–H and O–H groups in total. The van der Waals surface area contributed by atoms with Gasteiger partial charge < -0.3 is 10.6 Å². The second-order valence-corrected chi connectivity index (χ2v) is 7.11. The molecular formula is C14H30N2. The largest absolute Gasteiger partial charge is 0.327 e. The first-order chi connectivity index (χ1) is 7.17. The first-order valence-corrected chi connectivity index (χ1v) is 6.63. The van der Waals surface area contributed by atoms with Crippen LogP contribution < -0.4 is 5.73 Å². The molecule has 0 aromatic heterocycles. The van der Waals surface area contributed by atoms with E-state index in [4.69, 9.17) is 5.73 Å². The maximum absolute atomic E-state index is 6.24. The van der Waals surface area contributed by atoms with Crippen molar-refractivity contribution in [2.45, 2.75) is 66.0 Å². The van der Waals surface area contributed by atoms with Crippen LogP contribution in [0.5, 0.6) is 0 Å². The van der Waals surface area contributed by atoms with Crippen molar-refractivity contribution in [3.63, 3.8) is 0 Å². The molecule has 0 bridgehead atoms. The highest BCUT2D eigenvalue weighted by molar-refractivity contribution is 4.94. The molecule has 0 amide bonds. The van der Waals surface area contributed by atoms with E-state index in [0.29, 0.717) is 22.9 Å². The van der Waals surface area contributed by atoms with Crippen molar-refractivity contribution >= 4 is 0 Å². The van der Waals surface area contributed by atoms with E-state index >= 15 is 0 Å². The van der Waals surface area contributed by atoms with Gasteiger partial charge in [0, 0.05) is 18.6 Å². The van der Waals surface area contributed by atoms with Crippen molar-refractivity contribution in [1.29, 1.82) is 0 Å². The van der Waals surface area contributed by atoms with Crippen molar-refractivity contribution in [2.75, 3.05) is 13.6 Å². The van der Waals surface area contributed by atoms with Gasteiger partial charge in [-0.3, -0.25) is 0 Å². The van der Waals surface area contributed by atoms with Gasteiger partial charge >= 0.3 is 0 Å². The van der Waals surface area contributed by atoms with Gasteiger partial charge in [0.05, 0.1) is 0 Å². The molecule has 0 saturated heterocycles. The molecular weight excluding hydrogens is 196 g/mol. The van der Waals surface area contributed by atoms with Crippen LogP contribution >= 0.6 is 0 Å². The van der Waals surface area contributed by atoms with E-state index in [1.165, 1.54) is 19.3 Å². The van der Waals surface area contributed by atoms with E-state index in [9.17, 15) is 0 Å². The zero-order valence-corrected chi connectivity index (χ0v) is 12.0. The van der Waals surface area contributed by atoms with Gasteiger partial charge in [0.1, 0.15) is 0 Å². The third-order valence-electron chi connectivity index (χ3n) is 4.68. The van der Waals surface area contributed by atoms with E-state index in [1.807, 2.05) is 0 Å². The molecule has 1 fully saturated rings. The monoisotopic (exact) mass is 226 g/mol. The number of rotatable bonds is 3. The average molecular weight is 226 g/mol. The fourth-order valence-corrected chi connectivity index (χ4v) is 2.82. The number of hydrogen-bond donors (Lipinski definition) is 1. The van der Waals surface area contributed by atoms with Crippen LogP contribution in [0.2, 0.25) is 0 Å². The predicted octanol–water partition coefficient (Wildman–Crippen LogP) is 2.87. The molecule has 0 aromatic carbocycles. The van der Waals surface area contributed by atoms with Crippen LogP contribution in [0.15, 0.2) is 0 Å². The summed E-state index contributed by atoms with van der Waals surface area (Å²) in [7, 11) is 2.24. The van der Waals surface area contributed by atoms with Gasteiger partial charge in [0.25, 0.3) is 0 Å². The zero-order valence-electron chi connectivity index (χ0n) is 12.0. The van der Waals surface area contributed by atoms with Gasteiger partial charge in [-0.1, -0.05) is 34.1 Å². The topological polar surface area (TPSA) is 29.3 Å². The second-order valence-electron chi connectivity index (χ2n) is 7.11. The maximum Gasteiger partial charge on any atom is 0.0113 e. The summed E-state index contributed by atoms with van der Waals surface area (Å²) in [5.41, 5.74) is 6.91. The molecule has 0 spiro atoms. The Hall–Kier alpha value is -0.0800. The predicted molar refractivity (Wildman–Crippen MR) is 71.5 cm³/mol. The van der Waals surface area contributed by atoms with Crippen molar-refractivity contribution in [2.24, 2.45) is 16.6 Å². The van der Waals surface area contributed by atoms with Gasteiger partial charge in [0.15, 0.2) is 0 Å². The Bertz CT molecular complexity index is 231. The summed E-state index contributed by atoms with van der Waals surface area (Å²) in [5, 5.41) is 0. The van der Waals surface area contributed by atoms with E-state index in [1.54, 1.807) is 0 Å². The Kier molecular flexibility index (Phi) is 4.07. The third kappa shape index (κ3) is 2.98. The Morgan fingerprint density at radius 3 is 2.38 bits per heavy atom. The van der Waals surface area contributed by atoms with Gasteiger partial charge in [-0.05, 0) is 37.6 Å². The minimum atomic E-state index is 0.328. The summed E-state index contributed by atoms with van der Waals surface area (Å²) in [6, 6.07) is 0.985.